The van der Waals surface area contributed by atoms with Gasteiger partial charge in [-0.05, 0) is 28.2 Å². The van der Waals surface area contributed by atoms with E-state index in [1.807, 2.05) is 24.3 Å². The molecule has 0 aliphatic rings. The van der Waals surface area contributed by atoms with E-state index >= 15 is 0 Å². The number of alkyl halides is 3. The van der Waals surface area contributed by atoms with Crippen LogP contribution in [0.15, 0.2) is 65.5 Å². The summed E-state index contributed by atoms with van der Waals surface area (Å²) >= 11 is 0. The first-order valence-corrected chi connectivity index (χ1v) is 9.39. The molecule has 0 saturated carbocycles. The fraction of sp³-hybridized carbons (Fsp3) is 0.250. The molecule has 6 heteroatoms. The lowest BCUT2D eigenvalue weighted by molar-refractivity contribution is -0.136. The van der Waals surface area contributed by atoms with Crippen molar-refractivity contribution in [2.45, 2.75) is 38.9 Å². The summed E-state index contributed by atoms with van der Waals surface area (Å²) < 4.78 is 41.8. The third-order valence-corrected chi connectivity index (χ3v) is 4.92. The van der Waals surface area contributed by atoms with Crippen LogP contribution in [0.25, 0.3) is 16.1 Å². The minimum absolute atomic E-state index is 0.0454. The lowest BCUT2D eigenvalue weighted by Crippen LogP contribution is -2.25. The first-order chi connectivity index (χ1) is 14.0. The maximum atomic E-state index is 13.5. The molecule has 0 fully saturated rings. The van der Waals surface area contributed by atoms with E-state index in [0.29, 0.717) is 5.56 Å². The van der Waals surface area contributed by atoms with Gasteiger partial charge in [-0.1, -0.05) is 75.4 Å². The molecule has 0 amide bonds. The Labute approximate surface area is 173 Å². The summed E-state index contributed by atoms with van der Waals surface area (Å²) in [7, 11) is 0. The van der Waals surface area contributed by atoms with Crippen molar-refractivity contribution < 1.29 is 13.2 Å². The van der Waals surface area contributed by atoms with E-state index in [1.165, 1.54) is 4.57 Å². The second-order valence-electron chi connectivity index (χ2n) is 8.11. The zero-order valence-corrected chi connectivity index (χ0v) is 16.9. The van der Waals surface area contributed by atoms with Gasteiger partial charge in [-0.2, -0.15) is 13.2 Å². The highest BCUT2D eigenvalue weighted by molar-refractivity contribution is 5.66. The fourth-order valence-corrected chi connectivity index (χ4v) is 3.26. The summed E-state index contributed by atoms with van der Waals surface area (Å²) in [5, 5.41) is 0. The molecule has 30 heavy (non-hydrogen) atoms. The van der Waals surface area contributed by atoms with E-state index in [9.17, 15) is 18.0 Å². The molecule has 0 N–H and O–H groups in total. The molecule has 0 aliphatic carbocycles. The second kappa shape index (κ2) is 7.83. The average Bonchev–Trinajstić information content (AvgIpc) is 2.68. The second-order valence-corrected chi connectivity index (χ2v) is 8.11. The number of hydrogen-bond donors (Lipinski definition) is 0. The molecule has 0 atom stereocenters. The van der Waals surface area contributed by atoms with Crippen LogP contribution in [0.1, 0.15) is 37.5 Å². The number of hydrogen-bond acceptors (Lipinski definition) is 1. The van der Waals surface area contributed by atoms with Gasteiger partial charge in [0.15, 0.2) is 0 Å². The van der Waals surface area contributed by atoms with Crippen molar-refractivity contribution in [3.8, 4) is 11.3 Å². The molecule has 0 aliphatic heterocycles. The predicted molar refractivity (Wildman–Crippen MR) is 112 cm³/mol. The van der Waals surface area contributed by atoms with E-state index in [1.54, 1.807) is 30.3 Å². The molecule has 0 spiro atoms. The van der Waals surface area contributed by atoms with Crippen molar-refractivity contribution >= 4 is 5.69 Å². The van der Waals surface area contributed by atoms with Crippen LogP contribution in [0.4, 0.5) is 18.9 Å². The quantitative estimate of drug-likeness (QED) is 0.457. The summed E-state index contributed by atoms with van der Waals surface area (Å²) in [5.74, 6) is 0. The monoisotopic (exact) mass is 410 g/mol. The van der Waals surface area contributed by atoms with Crippen molar-refractivity contribution in [1.82, 2.24) is 4.57 Å². The number of halogens is 3. The number of pyridine rings is 1. The van der Waals surface area contributed by atoms with Crippen molar-refractivity contribution in [1.29, 1.82) is 0 Å². The predicted octanol–water partition coefficient (Wildman–Crippen LogP) is 6.43. The number of nitrogens with zero attached hydrogens (tertiary/aromatic N) is 2. The third kappa shape index (κ3) is 4.30. The van der Waals surface area contributed by atoms with Crippen molar-refractivity contribution in [3.05, 3.63) is 99.1 Å². The van der Waals surface area contributed by atoms with Gasteiger partial charge in [-0.25, -0.2) is 4.85 Å². The van der Waals surface area contributed by atoms with Gasteiger partial charge in [0.25, 0.3) is 11.2 Å². The van der Waals surface area contributed by atoms with Crippen LogP contribution in [0, 0.1) is 6.57 Å². The van der Waals surface area contributed by atoms with Crippen LogP contribution in [-0.2, 0) is 18.1 Å². The summed E-state index contributed by atoms with van der Waals surface area (Å²) in [6.07, 6.45) is -4.80. The lowest BCUT2D eigenvalue weighted by Gasteiger charge is -2.20. The zero-order valence-electron chi connectivity index (χ0n) is 16.9. The van der Waals surface area contributed by atoms with Gasteiger partial charge in [0.05, 0.1) is 12.1 Å². The van der Waals surface area contributed by atoms with E-state index in [-0.39, 0.29) is 17.7 Å². The first-order valence-electron chi connectivity index (χ1n) is 9.39. The van der Waals surface area contributed by atoms with Gasteiger partial charge < -0.3 is 4.57 Å². The Kier molecular flexibility index (Phi) is 5.58. The summed E-state index contributed by atoms with van der Waals surface area (Å²) in [5.41, 5.74) is -0.638. The number of rotatable bonds is 3. The van der Waals surface area contributed by atoms with Gasteiger partial charge >= 0.3 is 6.18 Å². The van der Waals surface area contributed by atoms with E-state index in [0.717, 1.165) is 17.2 Å². The van der Waals surface area contributed by atoms with Crippen molar-refractivity contribution in [2.24, 2.45) is 0 Å². The SMILES string of the molecule is [C-]#[N+]c1c(C(F)(F)F)cc(-c2ccccc2)n(Cc2ccc(C(C)(C)C)cc2)c1=O. The highest BCUT2D eigenvalue weighted by Crippen LogP contribution is 2.37. The molecular weight excluding hydrogens is 389 g/mol. The molecule has 3 rings (SSSR count). The van der Waals surface area contributed by atoms with Gasteiger partial charge in [-0.15, -0.1) is 0 Å². The van der Waals surface area contributed by atoms with Gasteiger partial charge in [0.1, 0.15) is 0 Å². The minimum atomic E-state index is -4.80. The van der Waals surface area contributed by atoms with Gasteiger partial charge in [-0.3, -0.25) is 4.79 Å². The van der Waals surface area contributed by atoms with Crippen LogP contribution in [0.3, 0.4) is 0 Å². The lowest BCUT2D eigenvalue weighted by atomic mass is 9.87. The average molecular weight is 410 g/mol. The maximum absolute atomic E-state index is 13.5. The van der Waals surface area contributed by atoms with Gasteiger partial charge in [0, 0.05) is 12.2 Å². The molecule has 0 unspecified atom stereocenters. The molecule has 3 nitrogen and oxygen atoms in total. The summed E-state index contributed by atoms with van der Waals surface area (Å²) in [6, 6.07) is 16.9. The van der Waals surface area contributed by atoms with Crippen LogP contribution < -0.4 is 5.56 Å². The molecule has 0 saturated heterocycles. The Hall–Kier alpha value is -3.33. The molecule has 1 heterocycles. The van der Waals surface area contributed by atoms with Crippen LogP contribution in [0.2, 0.25) is 0 Å². The topological polar surface area (TPSA) is 26.4 Å². The highest BCUT2D eigenvalue weighted by Gasteiger charge is 2.36. The van der Waals surface area contributed by atoms with Gasteiger partial charge in [0.2, 0.25) is 0 Å². The van der Waals surface area contributed by atoms with Crippen molar-refractivity contribution in [3.63, 3.8) is 0 Å². The Bertz CT molecular complexity index is 1150. The zero-order chi connectivity index (χ0) is 22.1. The van der Waals surface area contributed by atoms with Crippen LogP contribution in [-0.4, -0.2) is 4.57 Å². The number of aromatic nitrogens is 1. The molecule has 3 aromatic rings. The normalized spacial score (nSPS) is 11.9. The highest BCUT2D eigenvalue weighted by atomic mass is 19.4. The first kappa shape index (κ1) is 21.4. The van der Waals surface area contributed by atoms with E-state index in [4.69, 9.17) is 6.57 Å². The molecule has 0 radical (unpaired) electrons. The number of benzene rings is 2. The van der Waals surface area contributed by atoms with Crippen LogP contribution in [0.5, 0.6) is 0 Å². The fourth-order valence-electron chi connectivity index (χ4n) is 3.26. The summed E-state index contributed by atoms with van der Waals surface area (Å²) in [6.45, 7) is 13.5. The Morgan fingerprint density at radius 2 is 1.57 bits per heavy atom. The molecular formula is C24H21F3N2O. The largest absolute Gasteiger partial charge is 0.407 e. The van der Waals surface area contributed by atoms with Crippen LogP contribution >= 0.6 is 0 Å². The molecule has 2 aromatic carbocycles. The van der Waals surface area contributed by atoms with Crippen molar-refractivity contribution in [2.75, 3.05) is 0 Å². The Balaban J connectivity index is 2.20. The Morgan fingerprint density at radius 1 is 0.967 bits per heavy atom. The third-order valence-electron chi connectivity index (χ3n) is 4.92. The molecule has 0 bridgehead atoms. The maximum Gasteiger partial charge on any atom is 0.407 e. The standard InChI is InChI=1S/C24H21F3N2O/c1-23(2,3)18-12-10-16(11-13-18)15-29-20(17-8-6-5-7-9-17)14-19(24(25,26)27)21(28-4)22(29)30/h5-14H,15H2,1-3H3. The summed E-state index contributed by atoms with van der Waals surface area (Å²) in [4.78, 5) is 15.9. The smallest absolute Gasteiger partial charge is 0.313 e. The Morgan fingerprint density at radius 3 is 2.07 bits per heavy atom. The molecule has 154 valence electrons. The minimum Gasteiger partial charge on any atom is -0.313 e. The molecule has 1 aromatic heterocycles. The van der Waals surface area contributed by atoms with E-state index in [2.05, 4.69) is 25.6 Å². The van der Waals surface area contributed by atoms with E-state index < -0.39 is 23.0 Å².